The van der Waals surface area contributed by atoms with E-state index in [4.69, 9.17) is 4.74 Å². The molecule has 0 unspecified atom stereocenters. The summed E-state index contributed by atoms with van der Waals surface area (Å²) in [6.07, 6.45) is 2.31. The fraction of sp³-hybridized carbons (Fsp3) is 0.158. The summed E-state index contributed by atoms with van der Waals surface area (Å²) in [6.45, 7) is 1.84. The molecule has 0 saturated heterocycles. The van der Waals surface area contributed by atoms with Gasteiger partial charge in [-0.25, -0.2) is 9.18 Å². The number of hydrogen-bond acceptors (Lipinski definition) is 3. The third-order valence-corrected chi connectivity index (χ3v) is 3.95. The number of halogens is 1. The maximum atomic E-state index is 13.0. The van der Waals surface area contributed by atoms with Crippen molar-refractivity contribution in [2.24, 2.45) is 0 Å². The summed E-state index contributed by atoms with van der Waals surface area (Å²) >= 11 is 0. The number of carboxylic acids is 1. The Hall–Kier alpha value is -2.95. The van der Waals surface area contributed by atoms with Gasteiger partial charge in [0.15, 0.2) is 5.75 Å². The van der Waals surface area contributed by atoms with Gasteiger partial charge >= 0.3 is 5.97 Å². The van der Waals surface area contributed by atoms with Gasteiger partial charge in [-0.2, -0.15) is 0 Å². The van der Waals surface area contributed by atoms with E-state index in [0.29, 0.717) is 11.9 Å². The SMILES string of the molecule is COc1c(C(=O)O)cc(C)c2cc(Cc3ccc(F)cc3)cnc12. The maximum Gasteiger partial charge on any atom is 0.339 e. The van der Waals surface area contributed by atoms with Crippen LogP contribution in [0, 0.1) is 12.7 Å². The van der Waals surface area contributed by atoms with Gasteiger partial charge in [0.05, 0.1) is 7.11 Å². The lowest BCUT2D eigenvalue weighted by atomic mass is 10.00. The van der Waals surface area contributed by atoms with Gasteiger partial charge < -0.3 is 9.84 Å². The summed E-state index contributed by atoms with van der Waals surface area (Å²) in [4.78, 5) is 15.8. The van der Waals surface area contributed by atoms with E-state index in [2.05, 4.69) is 4.98 Å². The minimum atomic E-state index is -1.05. The van der Waals surface area contributed by atoms with E-state index in [9.17, 15) is 14.3 Å². The molecule has 1 N–H and O–H groups in total. The highest BCUT2D eigenvalue weighted by molar-refractivity contribution is 6.00. The summed E-state index contributed by atoms with van der Waals surface area (Å²) in [5, 5.41) is 10.2. The second kappa shape index (κ2) is 6.28. The summed E-state index contributed by atoms with van der Waals surface area (Å²) in [5.74, 6) is -1.05. The molecule has 0 aliphatic rings. The monoisotopic (exact) mass is 325 g/mol. The number of aryl methyl sites for hydroxylation is 1. The molecule has 3 rings (SSSR count). The molecule has 4 nitrogen and oxygen atoms in total. The first-order chi connectivity index (χ1) is 11.5. The third kappa shape index (κ3) is 2.93. The number of hydrogen-bond donors (Lipinski definition) is 1. The molecule has 3 aromatic rings. The molecular weight excluding hydrogens is 309 g/mol. The first kappa shape index (κ1) is 15.9. The number of nitrogens with zero attached hydrogens (tertiary/aromatic N) is 1. The van der Waals surface area contributed by atoms with Gasteiger partial charge in [0, 0.05) is 11.6 Å². The molecule has 1 heterocycles. The molecule has 0 atom stereocenters. The molecule has 5 heteroatoms. The van der Waals surface area contributed by atoms with Gasteiger partial charge in [-0.05, 0) is 54.3 Å². The topological polar surface area (TPSA) is 59.4 Å². The molecule has 0 bridgehead atoms. The highest BCUT2D eigenvalue weighted by atomic mass is 19.1. The van der Waals surface area contributed by atoms with Gasteiger partial charge in [-0.3, -0.25) is 4.98 Å². The highest BCUT2D eigenvalue weighted by Gasteiger charge is 2.17. The van der Waals surface area contributed by atoms with Crippen LogP contribution in [0.5, 0.6) is 5.75 Å². The molecule has 0 fully saturated rings. The van der Waals surface area contributed by atoms with Crippen LogP contribution >= 0.6 is 0 Å². The fourth-order valence-electron chi connectivity index (χ4n) is 2.78. The van der Waals surface area contributed by atoms with Crippen LogP contribution in [0.15, 0.2) is 42.6 Å². The van der Waals surface area contributed by atoms with E-state index in [1.165, 1.54) is 19.2 Å². The Morgan fingerprint density at radius 3 is 2.54 bits per heavy atom. The second-order valence-electron chi connectivity index (χ2n) is 5.62. The van der Waals surface area contributed by atoms with Crippen molar-refractivity contribution in [3.05, 3.63) is 70.7 Å². The number of methoxy groups -OCH3 is 1. The standard InChI is InChI=1S/C19H16FNO3/c1-11-7-16(19(22)23)18(24-2)17-15(11)9-13(10-21-17)8-12-3-5-14(20)6-4-12/h3-7,9-10H,8H2,1-2H3,(H,22,23). The normalized spacial score (nSPS) is 10.8. The smallest absolute Gasteiger partial charge is 0.339 e. The minimum absolute atomic E-state index is 0.0984. The Bertz CT molecular complexity index is 920. The lowest BCUT2D eigenvalue weighted by Crippen LogP contribution is -2.03. The summed E-state index contributed by atoms with van der Waals surface area (Å²) in [7, 11) is 1.44. The molecule has 122 valence electrons. The third-order valence-electron chi connectivity index (χ3n) is 3.95. The molecule has 0 radical (unpaired) electrons. The van der Waals surface area contributed by atoms with Crippen molar-refractivity contribution >= 4 is 16.9 Å². The number of rotatable bonds is 4. The number of fused-ring (bicyclic) bond motifs is 1. The molecule has 2 aromatic carbocycles. The molecule has 0 aliphatic carbocycles. The van der Waals surface area contributed by atoms with Crippen molar-refractivity contribution in [1.82, 2.24) is 4.98 Å². The number of pyridine rings is 1. The van der Waals surface area contributed by atoms with Crippen molar-refractivity contribution in [2.45, 2.75) is 13.3 Å². The first-order valence-electron chi connectivity index (χ1n) is 7.43. The van der Waals surface area contributed by atoms with Crippen molar-refractivity contribution in [3.8, 4) is 5.75 Å². The zero-order chi connectivity index (χ0) is 17.3. The largest absolute Gasteiger partial charge is 0.494 e. The average Bonchev–Trinajstić information content (AvgIpc) is 2.57. The van der Waals surface area contributed by atoms with E-state index in [-0.39, 0.29) is 17.1 Å². The quantitative estimate of drug-likeness (QED) is 0.788. The van der Waals surface area contributed by atoms with E-state index in [1.54, 1.807) is 24.4 Å². The van der Waals surface area contributed by atoms with Crippen LogP contribution in [0.2, 0.25) is 0 Å². The average molecular weight is 325 g/mol. The molecule has 0 spiro atoms. The highest BCUT2D eigenvalue weighted by Crippen LogP contribution is 2.31. The van der Waals surface area contributed by atoms with Crippen LogP contribution in [0.3, 0.4) is 0 Å². The lowest BCUT2D eigenvalue weighted by Gasteiger charge is -2.12. The van der Waals surface area contributed by atoms with Gasteiger partial charge in [0.1, 0.15) is 16.9 Å². The van der Waals surface area contributed by atoms with E-state index in [0.717, 1.165) is 22.1 Å². The van der Waals surface area contributed by atoms with Gasteiger partial charge in [-0.15, -0.1) is 0 Å². The van der Waals surface area contributed by atoms with E-state index in [1.807, 2.05) is 13.0 Å². The molecule has 0 amide bonds. The van der Waals surface area contributed by atoms with Crippen molar-refractivity contribution in [1.29, 1.82) is 0 Å². The summed E-state index contributed by atoms with van der Waals surface area (Å²) in [5.41, 5.74) is 3.38. The van der Waals surface area contributed by atoms with Gasteiger partial charge in [0.2, 0.25) is 0 Å². The minimum Gasteiger partial charge on any atom is -0.494 e. The van der Waals surface area contributed by atoms with Crippen LogP contribution in [0.25, 0.3) is 10.9 Å². The fourth-order valence-corrected chi connectivity index (χ4v) is 2.78. The Balaban J connectivity index is 2.08. The van der Waals surface area contributed by atoms with Crippen LogP contribution in [0.1, 0.15) is 27.0 Å². The zero-order valence-electron chi connectivity index (χ0n) is 13.3. The molecule has 0 saturated carbocycles. The Morgan fingerprint density at radius 2 is 1.92 bits per heavy atom. The summed E-state index contributed by atoms with van der Waals surface area (Å²) in [6, 6.07) is 9.89. The van der Waals surface area contributed by atoms with Crippen molar-refractivity contribution < 1.29 is 19.0 Å². The van der Waals surface area contributed by atoms with Gasteiger partial charge in [-0.1, -0.05) is 12.1 Å². The van der Waals surface area contributed by atoms with Crippen molar-refractivity contribution in [3.63, 3.8) is 0 Å². The number of aromatic carboxylic acids is 1. The number of carboxylic acid groups (broad SMARTS) is 1. The van der Waals surface area contributed by atoms with Gasteiger partial charge in [0.25, 0.3) is 0 Å². The van der Waals surface area contributed by atoms with Crippen LogP contribution < -0.4 is 4.74 Å². The van der Waals surface area contributed by atoms with Crippen LogP contribution in [-0.2, 0) is 6.42 Å². The van der Waals surface area contributed by atoms with E-state index < -0.39 is 5.97 Å². The zero-order valence-corrected chi connectivity index (χ0v) is 13.3. The predicted octanol–water partition coefficient (Wildman–Crippen LogP) is 3.98. The Morgan fingerprint density at radius 1 is 1.21 bits per heavy atom. The number of carbonyl (C=O) groups is 1. The number of aromatic nitrogens is 1. The Labute approximate surface area is 138 Å². The predicted molar refractivity (Wildman–Crippen MR) is 89.2 cm³/mol. The summed E-state index contributed by atoms with van der Waals surface area (Å²) < 4.78 is 18.3. The molecular formula is C19H16FNO3. The molecule has 1 aromatic heterocycles. The lowest BCUT2D eigenvalue weighted by molar-refractivity contribution is 0.0693. The van der Waals surface area contributed by atoms with Crippen molar-refractivity contribution in [2.75, 3.05) is 7.11 Å². The Kier molecular flexibility index (Phi) is 4.16. The van der Waals surface area contributed by atoms with Crippen LogP contribution in [0.4, 0.5) is 4.39 Å². The van der Waals surface area contributed by atoms with Crippen LogP contribution in [-0.4, -0.2) is 23.2 Å². The number of benzene rings is 2. The molecule has 0 aliphatic heterocycles. The maximum absolute atomic E-state index is 13.0. The molecule has 24 heavy (non-hydrogen) atoms. The number of ether oxygens (including phenoxy) is 1. The van der Waals surface area contributed by atoms with E-state index >= 15 is 0 Å². The second-order valence-corrected chi connectivity index (χ2v) is 5.62. The first-order valence-corrected chi connectivity index (χ1v) is 7.43.